The van der Waals surface area contributed by atoms with E-state index in [1.807, 2.05) is 24.7 Å². The molecule has 1 aliphatic carbocycles. The van der Waals surface area contributed by atoms with E-state index in [-0.39, 0.29) is 30.3 Å². The molecule has 130 valence electrons. The van der Waals surface area contributed by atoms with E-state index in [4.69, 9.17) is 5.73 Å². The number of rotatable bonds is 4. The highest BCUT2D eigenvalue weighted by Crippen LogP contribution is 2.35. The zero-order valence-corrected chi connectivity index (χ0v) is 15.0. The lowest BCUT2D eigenvalue weighted by Crippen LogP contribution is -2.29. The van der Waals surface area contributed by atoms with Crippen LogP contribution >= 0.6 is 12.4 Å². The first-order chi connectivity index (χ1) is 11.1. The second-order valence-corrected chi connectivity index (χ2v) is 6.35. The summed E-state index contributed by atoms with van der Waals surface area (Å²) in [6, 6.07) is 8.69. The summed E-state index contributed by atoms with van der Waals surface area (Å²) in [6.07, 6.45) is 5.10. The monoisotopic (exact) mass is 348 g/mol. The molecule has 1 amide bonds. The van der Waals surface area contributed by atoms with Gasteiger partial charge in [-0.25, -0.2) is 4.68 Å². The van der Waals surface area contributed by atoms with Gasteiger partial charge in [-0.05, 0) is 37.3 Å². The Labute approximate surface area is 149 Å². The lowest BCUT2D eigenvalue weighted by molar-refractivity contribution is -0.119. The third-order valence-corrected chi connectivity index (χ3v) is 4.65. The summed E-state index contributed by atoms with van der Waals surface area (Å²) in [5, 5.41) is 7.57. The number of halogens is 1. The van der Waals surface area contributed by atoms with Crippen LogP contribution in [0.1, 0.15) is 42.5 Å². The number of hydrogen-bond donors (Lipinski definition) is 2. The molecule has 3 N–H and O–H groups in total. The number of nitrogens with two attached hydrogens (primary N) is 1. The Morgan fingerprint density at radius 1 is 1.46 bits per heavy atom. The van der Waals surface area contributed by atoms with Crippen LogP contribution in [0.2, 0.25) is 0 Å². The van der Waals surface area contributed by atoms with Gasteiger partial charge in [0.25, 0.3) is 0 Å². The Morgan fingerprint density at radius 3 is 2.96 bits per heavy atom. The number of fused-ring (bicyclic) bond motifs is 1. The maximum atomic E-state index is 12.2. The lowest BCUT2D eigenvalue weighted by Gasteiger charge is -2.27. The van der Waals surface area contributed by atoms with Gasteiger partial charge in [-0.2, -0.15) is 5.10 Å². The van der Waals surface area contributed by atoms with E-state index in [9.17, 15) is 4.79 Å². The van der Waals surface area contributed by atoms with Gasteiger partial charge in [-0.1, -0.05) is 31.2 Å². The summed E-state index contributed by atoms with van der Waals surface area (Å²) in [5.74, 6) is 0.523. The number of carbonyl (C=O) groups is 1. The van der Waals surface area contributed by atoms with Gasteiger partial charge in [0.05, 0.1) is 12.2 Å². The lowest BCUT2D eigenvalue weighted by atomic mass is 9.88. The maximum Gasteiger partial charge on any atom is 0.229 e. The first kappa shape index (κ1) is 18.5. The van der Waals surface area contributed by atoms with E-state index in [0.29, 0.717) is 6.54 Å². The summed E-state index contributed by atoms with van der Waals surface area (Å²) >= 11 is 0. The van der Waals surface area contributed by atoms with Gasteiger partial charge in [0, 0.05) is 18.0 Å². The second-order valence-electron chi connectivity index (χ2n) is 6.35. The quantitative estimate of drug-likeness (QED) is 0.891. The van der Waals surface area contributed by atoms with Crippen molar-refractivity contribution in [1.82, 2.24) is 9.78 Å². The van der Waals surface area contributed by atoms with Crippen molar-refractivity contribution in [2.24, 2.45) is 11.7 Å². The highest BCUT2D eigenvalue weighted by molar-refractivity contribution is 5.92. The number of aryl methyl sites for hydroxylation is 2. The Balaban J connectivity index is 0.00000208. The summed E-state index contributed by atoms with van der Waals surface area (Å²) < 4.78 is 1.97. The van der Waals surface area contributed by atoms with Gasteiger partial charge >= 0.3 is 0 Å². The molecule has 0 spiro atoms. The van der Waals surface area contributed by atoms with E-state index in [0.717, 1.165) is 30.6 Å². The highest BCUT2D eigenvalue weighted by Gasteiger charge is 2.25. The Kier molecular flexibility index (Phi) is 6.02. The van der Waals surface area contributed by atoms with Gasteiger partial charge < -0.3 is 11.1 Å². The topological polar surface area (TPSA) is 72.9 Å². The second kappa shape index (κ2) is 7.81. The first-order valence-corrected chi connectivity index (χ1v) is 8.24. The number of nitrogens with one attached hydrogen (secondary N) is 1. The Morgan fingerprint density at radius 2 is 2.21 bits per heavy atom. The van der Waals surface area contributed by atoms with Crippen molar-refractivity contribution in [1.29, 1.82) is 0 Å². The minimum atomic E-state index is -0.212. The van der Waals surface area contributed by atoms with Crippen LogP contribution in [0, 0.1) is 12.8 Å². The average molecular weight is 349 g/mol. The molecule has 24 heavy (non-hydrogen) atoms. The predicted octanol–water partition coefficient (Wildman–Crippen LogP) is 3.07. The number of amides is 1. The zero-order valence-electron chi connectivity index (χ0n) is 14.2. The zero-order chi connectivity index (χ0) is 16.4. The molecule has 0 saturated heterocycles. The van der Waals surface area contributed by atoms with Crippen molar-refractivity contribution in [3.8, 4) is 0 Å². The van der Waals surface area contributed by atoms with Crippen molar-refractivity contribution < 1.29 is 4.79 Å². The highest BCUT2D eigenvalue weighted by atomic mass is 35.5. The predicted molar refractivity (Wildman–Crippen MR) is 98.6 cm³/mol. The van der Waals surface area contributed by atoms with Gasteiger partial charge in [-0.3, -0.25) is 4.79 Å². The van der Waals surface area contributed by atoms with Crippen molar-refractivity contribution in [2.75, 3.05) is 11.9 Å². The average Bonchev–Trinajstić information content (AvgIpc) is 2.94. The van der Waals surface area contributed by atoms with Crippen molar-refractivity contribution >= 4 is 24.1 Å². The van der Waals surface area contributed by atoms with E-state index in [1.165, 1.54) is 11.1 Å². The van der Waals surface area contributed by atoms with Crippen LogP contribution in [-0.4, -0.2) is 22.2 Å². The fourth-order valence-electron chi connectivity index (χ4n) is 3.17. The molecule has 1 aliphatic rings. The molecule has 0 radical (unpaired) electrons. The van der Waals surface area contributed by atoms with Crippen LogP contribution in [0.4, 0.5) is 5.82 Å². The van der Waals surface area contributed by atoms with Crippen LogP contribution < -0.4 is 11.1 Å². The molecule has 0 bridgehead atoms. The molecule has 2 aromatic rings. The van der Waals surface area contributed by atoms with Crippen molar-refractivity contribution in [3.05, 3.63) is 47.2 Å². The SMILES string of the molecule is Cc1cnn(C2CCCc3ccccc32)c1NC(=O)C(C)CN.Cl. The molecule has 3 rings (SSSR count). The molecule has 2 unspecified atom stereocenters. The standard InChI is InChI=1S/C18H24N4O.ClH/c1-12(10-19)18(23)21-17-13(2)11-20-22(17)16-9-5-7-14-6-3-4-8-15(14)16;/h3-4,6,8,11-12,16H,5,7,9-10,19H2,1-2H3,(H,21,23);1H. The maximum absolute atomic E-state index is 12.2. The molecule has 1 aromatic heterocycles. The number of benzene rings is 1. The molecule has 5 nitrogen and oxygen atoms in total. The Hall–Kier alpha value is -1.85. The fourth-order valence-corrected chi connectivity index (χ4v) is 3.17. The molecule has 0 fully saturated rings. The van der Waals surface area contributed by atoms with Crippen LogP contribution in [-0.2, 0) is 11.2 Å². The number of hydrogen-bond acceptors (Lipinski definition) is 3. The van der Waals surface area contributed by atoms with Crippen LogP contribution in [0.3, 0.4) is 0 Å². The smallest absolute Gasteiger partial charge is 0.229 e. The Bertz CT molecular complexity index is 713. The fraction of sp³-hybridized carbons (Fsp3) is 0.444. The molecule has 0 aliphatic heterocycles. The molecule has 2 atom stereocenters. The minimum absolute atomic E-state index is 0. The number of aromatic nitrogens is 2. The van der Waals surface area contributed by atoms with Gasteiger partial charge in [0.2, 0.25) is 5.91 Å². The summed E-state index contributed by atoms with van der Waals surface area (Å²) in [4.78, 5) is 12.2. The number of anilines is 1. The first-order valence-electron chi connectivity index (χ1n) is 8.24. The van der Waals surface area contributed by atoms with E-state index in [1.54, 1.807) is 0 Å². The van der Waals surface area contributed by atoms with Gasteiger partial charge in [0.1, 0.15) is 5.82 Å². The minimum Gasteiger partial charge on any atom is -0.330 e. The van der Waals surface area contributed by atoms with Crippen LogP contribution in [0.5, 0.6) is 0 Å². The molecule has 6 heteroatoms. The van der Waals surface area contributed by atoms with E-state index >= 15 is 0 Å². The largest absolute Gasteiger partial charge is 0.330 e. The normalized spacial score (nSPS) is 17.5. The van der Waals surface area contributed by atoms with Gasteiger partial charge in [0.15, 0.2) is 0 Å². The summed E-state index contributed by atoms with van der Waals surface area (Å²) in [5.41, 5.74) is 9.27. The van der Waals surface area contributed by atoms with E-state index < -0.39 is 0 Å². The van der Waals surface area contributed by atoms with Crippen molar-refractivity contribution in [3.63, 3.8) is 0 Å². The molecule has 0 saturated carbocycles. The molecular weight excluding hydrogens is 324 g/mol. The van der Waals surface area contributed by atoms with Crippen molar-refractivity contribution in [2.45, 2.75) is 39.2 Å². The van der Waals surface area contributed by atoms with Crippen LogP contribution in [0.25, 0.3) is 0 Å². The summed E-state index contributed by atoms with van der Waals surface area (Å²) in [7, 11) is 0. The summed E-state index contributed by atoms with van der Waals surface area (Å²) in [6.45, 7) is 4.15. The molecular formula is C18H25ClN4O. The van der Waals surface area contributed by atoms with Crippen LogP contribution in [0.15, 0.2) is 30.5 Å². The molecule has 1 aromatic carbocycles. The molecule has 1 heterocycles. The van der Waals surface area contributed by atoms with E-state index in [2.05, 4.69) is 34.7 Å². The number of carbonyl (C=O) groups excluding carboxylic acids is 1. The van der Waals surface area contributed by atoms with Gasteiger partial charge in [-0.15, -0.1) is 12.4 Å². The third kappa shape index (κ3) is 3.47. The number of nitrogens with zero attached hydrogens (tertiary/aromatic N) is 2. The third-order valence-electron chi connectivity index (χ3n) is 4.65.